The molecule has 0 saturated carbocycles. The Morgan fingerprint density at radius 1 is 1.62 bits per heavy atom. The lowest BCUT2D eigenvalue weighted by atomic mass is 9.81. The molecule has 2 aliphatic rings. The van der Waals surface area contributed by atoms with Crippen LogP contribution in [0.2, 0.25) is 0 Å². The van der Waals surface area contributed by atoms with Gasteiger partial charge in [-0.25, -0.2) is 0 Å². The zero-order valence-corrected chi connectivity index (χ0v) is 9.80. The fourth-order valence-electron chi connectivity index (χ4n) is 2.63. The molecule has 2 heterocycles. The maximum absolute atomic E-state index is 12.7. The first-order valence-electron chi connectivity index (χ1n) is 5.11. The molecule has 0 aliphatic carbocycles. The number of likely N-dealkylation sites (tertiary alicyclic amines) is 1. The summed E-state index contributed by atoms with van der Waals surface area (Å²) in [6.07, 6.45) is 0.0346. The number of esters is 1. The van der Waals surface area contributed by atoms with Crippen LogP contribution in [0.1, 0.15) is 12.8 Å². The molecule has 0 aromatic heterocycles. The van der Waals surface area contributed by atoms with E-state index in [4.69, 9.17) is 4.74 Å². The largest absolute Gasteiger partial charge is 0.460 e. The summed E-state index contributed by atoms with van der Waals surface area (Å²) < 4.78 is 38.9. The second-order valence-corrected chi connectivity index (χ2v) is 6.12. The van der Waals surface area contributed by atoms with Crippen LogP contribution in [0.3, 0.4) is 0 Å². The maximum Gasteiger partial charge on any atom is 0.306 e. The van der Waals surface area contributed by atoms with Gasteiger partial charge in [-0.1, -0.05) is 0 Å². The second-order valence-electron chi connectivity index (χ2n) is 4.71. The molecule has 2 unspecified atom stereocenters. The van der Waals surface area contributed by atoms with Crippen molar-refractivity contribution in [2.75, 3.05) is 25.9 Å². The molecule has 2 atom stereocenters. The third kappa shape index (κ3) is 2.20. The highest BCUT2D eigenvalue weighted by atomic mass is 32.3. The number of hydrogen-bond acceptors (Lipinski definition) is 5. The average molecular weight is 251 g/mol. The van der Waals surface area contributed by atoms with Gasteiger partial charge in [0.1, 0.15) is 11.9 Å². The molecule has 2 fully saturated rings. The van der Waals surface area contributed by atoms with Crippen molar-refractivity contribution in [3.8, 4) is 0 Å². The first-order chi connectivity index (χ1) is 7.31. The number of rotatable bonds is 2. The molecule has 0 aromatic rings. The highest BCUT2D eigenvalue weighted by Crippen LogP contribution is 2.43. The fourth-order valence-corrected chi connectivity index (χ4v) is 3.42. The standard InChI is InChI=1S/C9H14FNO4S/c1-11-3-2-9(6-11)4-8(12)15-7(9)5-16(10,13)14/h7H,2-6H2,1H3. The van der Waals surface area contributed by atoms with E-state index in [1.54, 1.807) is 0 Å². The third-order valence-corrected chi connectivity index (χ3v) is 4.08. The zero-order valence-electron chi connectivity index (χ0n) is 8.98. The van der Waals surface area contributed by atoms with Crippen LogP contribution in [-0.4, -0.2) is 51.3 Å². The average Bonchev–Trinajstić information content (AvgIpc) is 2.56. The molecule has 0 N–H and O–H groups in total. The molecule has 0 radical (unpaired) electrons. The number of nitrogens with zero attached hydrogens (tertiary/aromatic N) is 1. The molecular weight excluding hydrogens is 237 g/mol. The van der Waals surface area contributed by atoms with Crippen LogP contribution in [-0.2, 0) is 19.8 Å². The van der Waals surface area contributed by atoms with Gasteiger partial charge in [0, 0.05) is 12.0 Å². The number of hydrogen-bond donors (Lipinski definition) is 0. The minimum Gasteiger partial charge on any atom is -0.460 e. The lowest BCUT2D eigenvalue weighted by molar-refractivity contribution is -0.140. The van der Waals surface area contributed by atoms with Crippen LogP contribution in [0.4, 0.5) is 3.89 Å². The van der Waals surface area contributed by atoms with E-state index < -0.39 is 33.5 Å². The van der Waals surface area contributed by atoms with E-state index >= 15 is 0 Å². The van der Waals surface area contributed by atoms with Crippen molar-refractivity contribution in [2.24, 2.45) is 5.41 Å². The monoisotopic (exact) mass is 251 g/mol. The Balaban J connectivity index is 2.20. The molecule has 2 rings (SSSR count). The van der Waals surface area contributed by atoms with Gasteiger partial charge in [-0.3, -0.25) is 4.79 Å². The van der Waals surface area contributed by atoms with E-state index in [0.717, 1.165) is 6.54 Å². The summed E-state index contributed by atoms with van der Waals surface area (Å²) in [6, 6.07) is 0. The lowest BCUT2D eigenvalue weighted by Crippen LogP contribution is -2.37. The van der Waals surface area contributed by atoms with E-state index in [2.05, 4.69) is 0 Å². The van der Waals surface area contributed by atoms with E-state index in [1.807, 2.05) is 11.9 Å². The second kappa shape index (κ2) is 3.66. The van der Waals surface area contributed by atoms with Crippen molar-refractivity contribution in [3.05, 3.63) is 0 Å². The number of carbonyl (C=O) groups is 1. The van der Waals surface area contributed by atoms with Crippen LogP contribution in [0, 0.1) is 5.41 Å². The quantitative estimate of drug-likeness (QED) is 0.507. The van der Waals surface area contributed by atoms with Gasteiger partial charge >= 0.3 is 16.2 Å². The minimum atomic E-state index is -4.61. The molecule has 2 saturated heterocycles. The molecule has 0 bridgehead atoms. The topological polar surface area (TPSA) is 63.7 Å². The Kier molecular flexibility index (Phi) is 2.70. The summed E-state index contributed by atoms with van der Waals surface area (Å²) in [4.78, 5) is 13.2. The summed E-state index contributed by atoms with van der Waals surface area (Å²) in [7, 11) is -2.72. The molecule has 7 heteroatoms. The van der Waals surface area contributed by atoms with Crippen molar-refractivity contribution < 1.29 is 21.8 Å². The summed E-state index contributed by atoms with van der Waals surface area (Å²) >= 11 is 0. The van der Waals surface area contributed by atoms with E-state index in [0.29, 0.717) is 13.0 Å². The maximum atomic E-state index is 12.7. The van der Waals surface area contributed by atoms with Crippen LogP contribution in [0.15, 0.2) is 0 Å². The molecule has 5 nitrogen and oxygen atoms in total. The van der Waals surface area contributed by atoms with Gasteiger partial charge in [0.15, 0.2) is 0 Å². The van der Waals surface area contributed by atoms with Crippen LogP contribution in [0.5, 0.6) is 0 Å². The minimum absolute atomic E-state index is 0.192. The first-order valence-corrected chi connectivity index (χ1v) is 6.66. The van der Waals surface area contributed by atoms with Crippen molar-refractivity contribution >= 4 is 16.2 Å². The van der Waals surface area contributed by atoms with Crippen molar-refractivity contribution in [1.82, 2.24) is 4.90 Å². The summed E-state index contributed by atoms with van der Waals surface area (Å²) in [5.41, 5.74) is -0.509. The Morgan fingerprint density at radius 3 is 2.81 bits per heavy atom. The number of cyclic esters (lactones) is 1. The van der Waals surface area contributed by atoms with Crippen LogP contribution >= 0.6 is 0 Å². The third-order valence-electron chi connectivity index (χ3n) is 3.38. The normalized spacial score (nSPS) is 35.9. The summed E-state index contributed by atoms with van der Waals surface area (Å²) in [6.45, 7) is 1.36. The predicted molar refractivity (Wildman–Crippen MR) is 53.9 cm³/mol. The highest BCUT2D eigenvalue weighted by molar-refractivity contribution is 7.86. The van der Waals surface area contributed by atoms with Gasteiger partial charge in [0.25, 0.3) is 0 Å². The van der Waals surface area contributed by atoms with Crippen LogP contribution in [0.25, 0.3) is 0 Å². The van der Waals surface area contributed by atoms with Crippen LogP contribution < -0.4 is 0 Å². The van der Waals surface area contributed by atoms with Gasteiger partial charge in [-0.2, -0.15) is 8.42 Å². The fraction of sp³-hybridized carbons (Fsp3) is 0.889. The number of halogens is 1. The van der Waals surface area contributed by atoms with Gasteiger partial charge in [0.05, 0.1) is 6.42 Å². The zero-order chi connectivity index (χ0) is 12.0. The highest BCUT2D eigenvalue weighted by Gasteiger charge is 2.53. The molecule has 0 aromatic carbocycles. The molecule has 1 spiro atoms. The number of ether oxygens (including phenoxy) is 1. The van der Waals surface area contributed by atoms with Crippen molar-refractivity contribution in [3.63, 3.8) is 0 Å². The van der Waals surface area contributed by atoms with E-state index in [1.165, 1.54) is 0 Å². The van der Waals surface area contributed by atoms with E-state index in [-0.39, 0.29) is 6.42 Å². The van der Waals surface area contributed by atoms with Crippen molar-refractivity contribution in [1.29, 1.82) is 0 Å². The Bertz CT molecular complexity index is 410. The van der Waals surface area contributed by atoms with Gasteiger partial charge in [-0.05, 0) is 20.0 Å². The lowest BCUT2D eigenvalue weighted by Gasteiger charge is -2.26. The van der Waals surface area contributed by atoms with Gasteiger partial charge in [-0.15, -0.1) is 3.89 Å². The molecule has 92 valence electrons. The Morgan fingerprint density at radius 2 is 2.31 bits per heavy atom. The van der Waals surface area contributed by atoms with E-state index in [9.17, 15) is 17.1 Å². The van der Waals surface area contributed by atoms with Gasteiger partial charge in [0.2, 0.25) is 0 Å². The molecule has 2 aliphatic heterocycles. The SMILES string of the molecule is CN1CCC2(CC(=O)OC2CS(=O)(=O)F)C1. The number of carbonyl (C=O) groups excluding carboxylic acids is 1. The molecule has 0 amide bonds. The summed E-state index contributed by atoms with van der Waals surface area (Å²) in [5.74, 6) is -1.14. The van der Waals surface area contributed by atoms with Gasteiger partial charge < -0.3 is 9.64 Å². The summed E-state index contributed by atoms with van der Waals surface area (Å²) in [5, 5.41) is 0. The Labute approximate surface area is 93.8 Å². The smallest absolute Gasteiger partial charge is 0.306 e. The van der Waals surface area contributed by atoms with Crippen molar-refractivity contribution in [2.45, 2.75) is 18.9 Å². The Hall–Kier alpha value is -0.690. The first kappa shape index (κ1) is 11.8. The predicted octanol–water partition coefficient (Wildman–Crippen LogP) is -0.0769. The molecule has 16 heavy (non-hydrogen) atoms. The molecular formula is C9H14FNO4S.